The third kappa shape index (κ3) is 4.86. The van der Waals surface area contributed by atoms with Gasteiger partial charge < -0.3 is 24.6 Å². The SMILES string of the molecule is CCOc1ccccc1NC(=O)N1CCC(CCOC)(N(C)C)CC1. The quantitative estimate of drug-likeness (QED) is 0.822. The topological polar surface area (TPSA) is 54.0 Å². The summed E-state index contributed by atoms with van der Waals surface area (Å²) in [6.07, 6.45) is 2.88. The van der Waals surface area contributed by atoms with Crippen LogP contribution in [0.15, 0.2) is 24.3 Å². The van der Waals surface area contributed by atoms with Crippen LogP contribution in [0.4, 0.5) is 10.5 Å². The summed E-state index contributed by atoms with van der Waals surface area (Å²) in [7, 11) is 5.97. The summed E-state index contributed by atoms with van der Waals surface area (Å²) in [5, 5.41) is 2.99. The van der Waals surface area contributed by atoms with Gasteiger partial charge in [-0.2, -0.15) is 0 Å². The number of anilines is 1. The molecule has 1 heterocycles. The summed E-state index contributed by atoms with van der Waals surface area (Å²) in [5.74, 6) is 0.707. The molecule has 0 atom stereocenters. The molecule has 1 fully saturated rings. The number of methoxy groups -OCH3 is 1. The second-order valence-electron chi connectivity index (χ2n) is 6.71. The van der Waals surface area contributed by atoms with E-state index in [1.165, 1.54) is 0 Å². The molecular formula is C19H31N3O3. The zero-order chi connectivity index (χ0) is 18.3. The number of nitrogens with zero attached hydrogens (tertiary/aromatic N) is 2. The van der Waals surface area contributed by atoms with Crippen LogP contribution in [0.2, 0.25) is 0 Å². The van der Waals surface area contributed by atoms with Crippen molar-refractivity contribution >= 4 is 11.7 Å². The standard InChI is InChI=1S/C19H31N3O3/c1-5-25-17-9-7-6-8-16(17)20-18(23)22-13-10-19(11-14-22,21(2)3)12-15-24-4/h6-9H,5,10-15H2,1-4H3,(H,20,23). The molecule has 6 heteroatoms. The number of rotatable bonds is 7. The van der Waals surface area contributed by atoms with Crippen LogP contribution in [0.25, 0.3) is 0 Å². The number of carbonyl (C=O) groups excluding carboxylic acids is 1. The Balaban J connectivity index is 1.97. The highest BCUT2D eigenvalue weighted by Gasteiger charge is 2.37. The maximum Gasteiger partial charge on any atom is 0.321 e. The molecule has 1 aliphatic heterocycles. The van der Waals surface area contributed by atoms with E-state index in [1.54, 1.807) is 7.11 Å². The number of urea groups is 1. The van der Waals surface area contributed by atoms with Gasteiger partial charge in [0, 0.05) is 32.3 Å². The fourth-order valence-electron chi connectivity index (χ4n) is 3.38. The van der Waals surface area contributed by atoms with Crippen LogP contribution in [0.5, 0.6) is 5.75 Å². The van der Waals surface area contributed by atoms with Crippen molar-refractivity contribution in [2.75, 3.05) is 52.8 Å². The van der Waals surface area contributed by atoms with Gasteiger partial charge in [-0.1, -0.05) is 12.1 Å². The molecule has 1 aliphatic rings. The first-order chi connectivity index (χ1) is 12.0. The van der Waals surface area contributed by atoms with Gasteiger partial charge in [-0.05, 0) is 52.4 Å². The summed E-state index contributed by atoms with van der Waals surface area (Å²) >= 11 is 0. The summed E-state index contributed by atoms with van der Waals surface area (Å²) in [6, 6.07) is 7.48. The molecule has 6 nitrogen and oxygen atoms in total. The van der Waals surface area contributed by atoms with E-state index in [2.05, 4.69) is 24.3 Å². The van der Waals surface area contributed by atoms with E-state index in [0.717, 1.165) is 44.6 Å². The highest BCUT2D eigenvalue weighted by atomic mass is 16.5. The van der Waals surface area contributed by atoms with Crippen LogP contribution in [0.1, 0.15) is 26.2 Å². The minimum atomic E-state index is -0.0637. The molecule has 0 saturated carbocycles. The first kappa shape index (κ1) is 19.5. The molecule has 1 N–H and O–H groups in total. The van der Waals surface area contributed by atoms with Crippen LogP contribution in [-0.4, -0.2) is 68.9 Å². The van der Waals surface area contributed by atoms with Gasteiger partial charge in [0.1, 0.15) is 5.75 Å². The summed E-state index contributed by atoms with van der Waals surface area (Å²) < 4.78 is 10.9. The van der Waals surface area contributed by atoms with Crippen molar-refractivity contribution in [3.05, 3.63) is 24.3 Å². The normalized spacial score (nSPS) is 16.8. The maximum atomic E-state index is 12.6. The third-order valence-electron chi connectivity index (χ3n) is 5.13. The van der Waals surface area contributed by atoms with Crippen LogP contribution in [0.3, 0.4) is 0 Å². The van der Waals surface area contributed by atoms with E-state index in [9.17, 15) is 4.79 Å². The number of para-hydroxylation sites is 2. The summed E-state index contributed by atoms with van der Waals surface area (Å²) in [6.45, 7) is 4.73. The molecule has 2 rings (SSSR count). The third-order valence-corrected chi connectivity index (χ3v) is 5.13. The fraction of sp³-hybridized carbons (Fsp3) is 0.632. The fourth-order valence-corrected chi connectivity index (χ4v) is 3.38. The molecule has 0 aromatic heterocycles. The maximum absolute atomic E-state index is 12.6. The number of likely N-dealkylation sites (tertiary alicyclic amines) is 1. The largest absolute Gasteiger partial charge is 0.492 e. The Hall–Kier alpha value is -1.79. The van der Waals surface area contributed by atoms with Crippen molar-refractivity contribution < 1.29 is 14.3 Å². The van der Waals surface area contributed by atoms with Crippen molar-refractivity contribution in [3.8, 4) is 5.75 Å². The zero-order valence-electron chi connectivity index (χ0n) is 15.9. The first-order valence-corrected chi connectivity index (χ1v) is 8.96. The zero-order valence-corrected chi connectivity index (χ0v) is 15.9. The Morgan fingerprint density at radius 3 is 2.56 bits per heavy atom. The second kappa shape index (κ2) is 9.06. The molecule has 1 aromatic rings. The van der Waals surface area contributed by atoms with Crippen molar-refractivity contribution in [2.24, 2.45) is 0 Å². The Labute approximate surface area is 151 Å². The molecule has 0 bridgehead atoms. The second-order valence-corrected chi connectivity index (χ2v) is 6.71. The molecule has 1 aromatic carbocycles. The van der Waals surface area contributed by atoms with Crippen LogP contribution in [-0.2, 0) is 4.74 Å². The molecular weight excluding hydrogens is 318 g/mol. The molecule has 25 heavy (non-hydrogen) atoms. The smallest absolute Gasteiger partial charge is 0.321 e. The first-order valence-electron chi connectivity index (χ1n) is 8.96. The predicted octanol–water partition coefficient (Wildman–Crippen LogP) is 3.05. The minimum absolute atomic E-state index is 0.0637. The van der Waals surface area contributed by atoms with Crippen LogP contribution in [0, 0.1) is 0 Å². The number of ether oxygens (including phenoxy) is 2. The highest BCUT2D eigenvalue weighted by molar-refractivity contribution is 5.91. The lowest BCUT2D eigenvalue weighted by Crippen LogP contribution is -2.54. The van der Waals surface area contributed by atoms with Gasteiger partial charge in [0.2, 0.25) is 0 Å². The Morgan fingerprint density at radius 1 is 1.28 bits per heavy atom. The molecule has 0 unspecified atom stereocenters. The van der Waals surface area contributed by atoms with E-state index in [4.69, 9.17) is 9.47 Å². The molecule has 2 amide bonds. The van der Waals surface area contributed by atoms with E-state index in [-0.39, 0.29) is 11.6 Å². The number of hydrogen-bond donors (Lipinski definition) is 1. The van der Waals surface area contributed by atoms with Gasteiger partial charge in [-0.25, -0.2) is 4.79 Å². The number of piperidine rings is 1. The van der Waals surface area contributed by atoms with Crippen LogP contribution < -0.4 is 10.1 Å². The summed E-state index contributed by atoms with van der Waals surface area (Å²) in [4.78, 5) is 16.8. The number of benzene rings is 1. The van der Waals surface area contributed by atoms with E-state index in [1.807, 2.05) is 36.1 Å². The number of hydrogen-bond acceptors (Lipinski definition) is 4. The number of nitrogens with one attached hydrogen (secondary N) is 1. The number of amides is 2. The molecule has 0 spiro atoms. The minimum Gasteiger partial charge on any atom is -0.492 e. The lowest BCUT2D eigenvalue weighted by Gasteiger charge is -2.46. The van der Waals surface area contributed by atoms with Gasteiger partial charge in [0.05, 0.1) is 12.3 Å². The average molecular weight is 349 g/mol. The molecule has 140 valence electrons. The molecule has 1 saturated heterocycles. The van der Waals surface area contributed by atoms with Crippen LogP contribution >= 0.6 is 0 Å². The Morgan fingerprint density at radius 2 is 1.96 bits per heavy atom. The summed E-state index contributed by atoms with van der Waals surface area (Å²) in [5.41, 5.74) is 0.828. The Kier molecular flexibility index (Phi) is 7.08. The highest BCUT2D eigenvalue weighted by Crippen LogP contribution is 2.31. The van der Waals surface area contributed by atoms with Gasteiger partial charge in [0.15, 0.2) is 0 Å². The van der Waals surface area contributed by atoms with E-state index >= 15 is 0 Å². The average Bonchev–Trinajstić information content (AvgIpc) is 2.62. The van der Waals surface area contributed by atoms with Crippen molar-refractivity contribution in [2.45, 2.75) is 31.7 Å². The van der Waals surface area contributed by atoms with E-state index < -0.39 is 0 Å². The van der Waals surface area contributed by atoms with Crippen molar-refractivity contribution in [3.63, 3.8) is 0 Å². The van der Waals surface area contributed by atoms with E-state index in [0.29, 0.717) is 12.4 Å². The number of carbonyl (C=O) groups is 1. The lowest BCUT2D eigenvalue weighted by molar-refractivity contribution is 0.0389. The van der Waals surface area contributed by atoms with Crippen molar-refractivity contribution in [1.29, 1.82) is 0 Å². The van der Waals surface area contributed by atoms with Gasteiger partial charge in [-0.15, -0.1) is 0 Å². The van der Waals surface area contributed by atoms with Gasteiger partial charge in [-0.3, -0.25) is 0 Å². The molecule has 0 radical (unpaired) electrons. The van der Waals surface area contributed by atoms with Gasteiger partial charge in [0.25, 0.3) is 0 Å². The predicted molar refractivity (Wildman–Crippen MR) is 100 cm³/mol. The monoisotopic (exact) mass is 349 g/mol. The lowest BCUT2D eigenvalue weighted by atomic mass is 9.83. The Bertz CT molecular complexity index is 555. The van der Waals surface area contributed by atoms with Crippen molar-refractivity contribution in [1.82, 2.24) is 9.80 Å². The van der Waals surface area contributed by atoms with Gasteiger partial charge >= 0.3 is 6.03 Å². The molecule has 0 aliphatic carbocycles.